The molecule has 0 saturated carbocycles. The molecular weight excluding hydrogens is 480 g/mol. The van der Waals surface area contributed by atoms with E-state index in [0.717, 1.165) is 16.6 Å². The molecule has 0 aliphatic heterocycles. The van der Waals surface area contributed by atoms with E-state index in [0.29, 0.717) is 35.2 Å². The van der Waals surface area contributed by atoms with Crippen LogP contribution >= 0.6 is 0 Å². The molecule has 0 atom stereocenters. The summed E-state index contributed by atoms with van der Waals surface area (Å²) in [5.41, 5.74) is 2.78. The first kappa shape index (κ1) is 24.5. The standard InChI is InChI=1S/C28H24N8O2/c1-28(2,3)38-27(37)36-24-10-8-19(16-20(24)17-33-36)7-9-21-11-14-30-25(34-21)23-12-15-31-26(35-23)32-18-22-6-4-5-13-29-22/h4-6,8,10-17H,18H2,1-3H3,(H,31,32,35). The summed E-state index contributed by atoms with van der Waals surface area (Å²) in [6.45, 7) is 5.94. The molecule has 0 aliphatic rings. The van der Waals surface area contributed by atoms with Crippen LogP contribution in [0.2, 0.25) is 0 Å². The number of hydrogen-bond acceptors (Lipinski definition) is 9. The van der Waals surface area contributed by atoms with Crippen LogP contribution in [0.4, 0.5) is 10.7 Å². The van der Waals surface area contributed by atoms with Crippen LogP contribution < -0.4 is 5.32 Å². The number of nitrogens with one attached hydrogen (secondary N) is 1. The highest BCUT2D eigenvalue weighted by molar-refractivity contribution is 5.88. The summed E-state index contributed by atoms with van der Waals surface area (Å²) in [4.78, 5) is 34.4. The van der Waals surface area contributed by atoms with Gasteiger partial charge in [-0.1, -0.05) is 12.0 Å². The smallest absolute Gasteiger partial charge is 0.435 e. The molecule has 0 unspecified atom stereocenters. The number of carbonyl (C=O) groups is 1. The van der Waals surface area contributed by atoms with Gasteiger partial charge in [-0.3, -0.25) is 4.98 Å². The Bertz CT molecular complexity index is 1660. The lowest BCUT2D eigenvalue weighted by molar-refractivity contribution is 0.0522. The van der Waals surface area contributed by atoms with E-state index in [2.05, 4.69) is 47.2 Å². The lowest BCUT2D eigenvalue weighted by Crippen LogP contribution is -2.27. The van der Waals surface area contributed by atoms with Gasteiger partial charge >= 0.3 is 6.09 Å². The van der Waals surface area contributed by atoms with Gasteiger partial charge in [-0.05, 0) is 69.2 Å². The van der Waals surface area contributed by atoms with Crippen LogP contribution in [0.25, 0.3) is 22.4 Å². The van der Waals surface area contributed by atoms with Gasteiger partial charge < -0.3 is 10.1 Å². The van der Waals surface area contributed by atoms with E-state index in [4.69, 9.17) is 4.74 Å². The third-order valence-electron chi connectivity index (χ3n) is 5.16. The molecule has 188 valence electrons. The van der Waals surface area contributed by atoms with Crippen molar-refractivity contribution in [2.75, 3.05) is 5.32 Å². The number of hydrogen-bond donors (Lipinski definition) is 1. The maximum Gasteiger partial charge on any atom is 0.435 e. The zero-order chi connectivity index (χ0) is 26.5. The minimum Gasteiger partial charge on any atom is -0.442 e. The van der Waals surface area contributed by atoms with Gasteiger partial charge in [0, 0.05) is 29.5 Å². The van der Waals surface area contributed by atoms with E-state index in [1.165, 1.54) is 4.68 Å². The van der Waals surface area contributed by atoms with E-state index < -0.39 is 11.7 Å². The van der Waals surface area contributed by atoms with Crippen LogP contribution in [-0.2, 0) is 11.3 Å². The van der Waals surface area contributed by atoms with E-state index >= 15 is 0 Å². The van der Waals surface area contributed by atoms with E-state index in [1.54, 1.807) is 43.0 Å². The fourth-order valence-electron chi connectivity index (χ4n) is 3.49. The van der Waals surface area contributed by atoms with Crippen molar-refractivity contribution >= 4 is 22.9 Å². The molecule has 4 heterocycles. The number of rotatable bonds is 4. The molecule has 0 aliphatic carbocycles. The van der Waals surface area contributed by atoms with E-state index in [-0.39, 0.29) is 0 Å². The minimum absolute atomic E-state index is 0.439. The van der Waals surface area contributed by atoms with Crippen molar-refractivity contribution in [2.45, 2.75) is 32.9 Å². The second kappa shape index (κ2) is 10.4. The maximum atomic E-state index is 12.4. The van der Waals surface area contributed by atoms with Crippen LogP contribution in [0, 0.1) is 11.8 Å². The Balaban J connectivity index is 1.32. The van der Waals surface area contributed by atoms with E-state index in [9.17, 15) is 4.79 Å². The predicted octanol–water partition coefficient (Wildman–Crippen LogP) is 4.47. The summed E-state index contributed by atoms with van der Waals surface area (Å²) in [7, 11) is 0. The summed E-state index contributed by atoms with van der Waals surface area (Å²) in [5, 5.41) is 8.11. The molecule has 0 saturated heterocycles. The number of nitrogens with zero attached hydrogens (tertiary/aromatic N) is 7. The molecule has 0 spiro atoms. The van der Waals surface area contributed by atoms with E-state index in [1.807, 2.05) is 51.1 Å². The fraction of sp³-hybridized carbons (Fsp3) is 0.179. The van der Waals surface area contributed by atoms with Crippen molar-refractivity contribution in [1.82, 2.24) is 34.7 Å². The molecule has 10 heteroatoms. The quantitative estimate of drug-likeness (QED) is 0.353. The van der Waals surface area contributed by atoms with Crippen LogP contribution in [0.3, 0.4) is 0 Å². The molecule has 0 amide bonds. The molecule has 38 heavy (non-hydrogen) atoms. The van der Waals surface area contributed by atoms with Crippen molar-refractivity contribution in [3.05, 3.63) is 90.3 Å². The number of pyridine rings is 1. The third-order valence-corrected chi connectivity index (χ3v) is 5.16. The number of anilines is 1. The molecule has 1 N–H and O–H groups in total. The lowest BCUT2D eigenvalue weighted by Gasteiger charge is -2.19. The third kappa shape index (κ3) is 5.96. The first-order chi connectivity index (χ1) is 18.3. The average molecular weight is 505 g/mol. The summed E-state index contributed by atoms with van der Waals surface area (Å²) in [6, 6.07) is 14.7. The molecule has 5 aromatic rings. The summed E-state index contributed by atoms with van der Waals surface area (Å²) in [6.07, 6.45) is 6.12. The monoisotopic (exact) mass is 504 g/mol. The number of aromatic nitrogens is 7. The van der Waals surface area contributed by atoms with Gasteiger partial charge in [-0.25, -0.2) is 24.7 Å². The molecule has 1 aromatic carbocycles. The summed E-state index contributed by atoms with van der Waals surface area (Å²) in [5.74, 6) is 7.07. The SMILES string of the molecule is CC(C)(C)OC(=O)n1ncc2cc(C#Cc3ccnc(-c4ccnc(NCc5ccccn5)n4)n3)ccc21. The number of fused-ring (bicyclic) bond motifs is 1. The Morgan fingerprint density at radius 3 is 2.66 bits per heavy atom. The van der Waals surface area contributed by atoms with Gasteiger partial charge in [0.15, 0.2) is 5.82 Å². The van der Waals surface area contributed by atoms with Crippen molar-refractivity contribution in [3.63, 3.8) is 0 Å². The van der Waals surface area contributed by atoms with Gasteiger partial charge in [-0.2, -0.15) is 9.78 Å². The van der Waals surface area contributed by atoms with Crippen LogP contribution in [0.5, 0.6) is 0 Å². The average Bonchev–Trinajstić information content (AvgIpc) is 3.34. The largest absolute Gasteiger partial charge is 0.442 e. The summed E-state index contributed by atoms with van der Waals surface area (Å²) >= 11 is 0. The van der Waals surface area contributed by atoms with Crippen LogP contribution in [-0.4, -0.2) is 46.4 Å². The van der Waals surface area contributed by atoms with Gasteiger partial charge in [0.2, 0.25) is 5.95 Å². The highest BCUT2D eigenvalue weighted by Crippen LogP contribution is 2.18. The van der Waals surface area contributed by atoms with Crippen molar-refractivity contribution in [1.29, 1.82) is 0 Å². The molecule has 0 bridgehead atoms. The number of ether oxygens (including phenoxy) is 1. The van der Waals surface area contributed by atoms with Crippen molar-refractivity contribution in [3.8, 4) is 23.4 Å². The first-order valence-electron chi connectivity index (χ1n) is 11.9. The van der Waals surface area contributed by atoms with Gasteiger partial charge in [0.05, 0.1) is 24.0 Å². The lowest BCUT2D eigenvalue weighted by atomic mass is 10.1. The Hall–Kier alpha value is -5.17. The zero-order valence-electron chi connectivity index (χ0n) is 21.1. The van der Waals surface area contributed by atoms with Crippen LogP contribution in [0.1, 0.15) is 37.7 Å². The molecule has 0 fully saturated rings. The highest BCUT2D eigenvalue weighted by Gasteiger charge is 2.20. The second-order valence-corrected chi connectivity index (χ2v) is 9.27. The zero-order valence-corrected chi connectivity index (χ0v) is 21.1. The highest BCUT2D eigenvalue weighted by atomic mass is 16.6. The normalized spacial score (nSPS) is 11.0. The topological polar surface area (TPSA) is 121 Å². The summed E-state index contributed by atoms with van der Waals surface area (Å²) < 4.78 is 6.66. The second-order valence-electron chi connectivity index (χ2n) is 9.27. The maximum absolute atomic E-state index is 12.4. The van der Waals surface area contributed by atoms with Crippen LogP contribution in [0.15, 0.2) is 73.3 Å². The predicted molar refractivity (Wildman–Crippen MR) is 142 cm³/mol. The molecular formula is C28H24N8O2. The van der Waals surface area contributed by atoms with Gasteiger partial charge in [0.25, 0.3) is 0 Å². The Kier molecular flexibility index (Phi) is 6.74. The Labute approximate surface area is 219 Å². The minimum atomic E-state index is -0.610. The molecule has 4 aromatic heterocycles. The fourth-order valence-corrected chi connectivity index (χ4v) is 3.49. The first-order valence-corrected chi connectivity index (χ1v) is 11.9. The van der Waals surface area contributed by atoms with Crippen molar-refractivity contribution < 1.29 is 9.53 Å². The van der Waals surface area contributed by atoms with Gasteiger partial charge in [-0.15, -0.1) is 0 Å². The number of carbonyl (C=O) groups excluding carboxylic acids is 1. The Morgan fingerprint density at radius 2 is 1.84 bits per heavy atom. The van der Waals surface area contributed by atoms with Crippen molar-refractivity contribution in [2.24, 2.45) is 0 Å². The van der Waals surface area contributed by atoms with Gasteiger partial charge in [0.1, 0.15) is 17.0 Å². The molecule has 0 radical (unpaired) electrons. The Morgan fingerprint density at radius 1 is 0.974 bits per heavy atom. The molecule has 5 rings (SSSR count). The molecule has 10 nitrogen and oxygen atoms in total. The number of benzene rings is 1.